The Morgan fingerprint density at radius 3 is 2.27 bits per heavy atom. The molecule has 146 valence electrons. The van der Waals surface area contributed by atoms with Gasteiger partial charge in [-0.1, -0.05) is 19.3 Å². The van der Waals surface area contributed by atoms with E-state index in [-0.39, 0.29) is 19.0 Å². The number of imide groups is 1. The number of hydrogen-bond acceptors (Lipinski definition) is 5. The number of likely N-dealkylation sites (N-methyl/N-ethyl adjacent to an activating group) is 2. The van der Waals surface area contributed by atoms with Gasteiger partial charge in [0.15, 0.2) is 0 Å². The van der Waals surface area contributed by atoms with Crippen molar-refractivity contribution in [3.05, 3.63) is 0 Å². The molecule has 1 saturated carbocycles. The van der Waals surface area contributed by atoms with Gasteiger partial charge in [0.25, 0.3) is 5.91 Å². The molecule has 0 aromatic carbocycles. The smallest absolute Gasteiger partial charge is 0.327 e. The second-order valence-electron chi connectivity index (χ2n) is 8.16. The molecule has 8 nitrogen and oxygen atoms in total. The Morgan fingerprint density at radius 1 is 1.15 bits per heavy atom. The van der Waals surface area contributed by atoms with Crippen LogP contribution in [0.4, 0.5) is 4.79 Å². The first-order valence-corrected chi connectivity index (χ1v) is 9.03. The molecular formula is C18H29N3O5. The molecule has 1 aliphatic carbocycles. The van der Waals surface area contributed by atoms with Gasteiger partial charge in [-0.3, -0.25) is 19.3 Å². The molecule has 2 fully saturated rings. The molecule has 4 amide bonds. The molecule has 0 aromatic heterocycles. The maximum Gasteiger partial charge on any atom is 0.327 e. The third-order valence-electron chi connectivity index (χ3n) is 4.99. The lowest BCUT2D eigenvalue weighted by atomic mass is 9.81. The van der Waals surface area contributed by atoms with Gasteiger partial charge >= 0.3 is 12.0 Å². The minimum atomic E-state index is -0.806. The highest BCUT2D eigenvalue weighted by Crippen LogP contribution is 2.39. The lowest BCUT2D eigenvalue weighted by Gasteiger charge is -2.35. The molecule has 2 aliphatic rings. The normalized spacial score (nSPS) is 19.9. The molecule has 1 spiro atoms. The number of hydrogen-bond donors (Lipinski definition) is 0. The van der Waals surface area contributed by atoms with E-state index in [0.717, 1.165) is 24.2 Å². The van der Waals surface area contributed by atoms with Gasteiger partial charge < -0.3 is 14.5 Å². The number of nitrogens with zero attached hydrogens (tertiary/aromatic N) is 3. The Morgan fingerprint density at radius 2 is 1.73 bits per heavy atom. The van der Waals surface area contributed by atoms with Crippen molar-refractivity contribution in [3.8, 4) is 0 Å². The van der Waals surface area contributed by atoms with Gasteiger partial charge in [-0.2, -0.15) is 0 Å². The fourth-order valence-corrected chi connectivity index (χ4v) is 3.58. The van der Waals surface area contributed by atoms with Crippen molar-refractivity contribution in [2.75, 3.05) is 27.2 Å². The summed E-state index contributed by atoms with van der Waals surface area (Å²) in [6.07, 6.45) is 4.10. The second-order valence-corrected chi connectivity index (χ2v) is 8.16. The first-order valence-electron chi connectivity index (χ1n) is 9.03. The summed E-state index contributed by atoms with van der Waals surface area (Å²) in [5.41, 5.74) is -1.45. The third kappa shape index (κ3) is 3.99. The zero-order chi connectivity index (χ0) is 19.7. The molecule has 0 bridgehead atoms. The highest BCUT2D eigenvalue weighted by molar-refractivity contribution is 6.09. The third-order valence-corrected chi connectivity index (χ3v) is 4.99. The van der Waals surface area contributed by atoms with Crippen LogP contribution in [0.2, 0.25) is 0 Å². The van der Waals surface area contributed by atoms with Crippen LogP contribution in [0.1, 0.15) is 52.9 Å². The summed E-state index contributed by atoms with van der Waals surface area (Å²) in [4.78, 5) is 53.4. The van der Waals surface area contributed by atoms with Crippen LogP contribution in [0.3, 0.4) is 0 Å². The number of esters is 1. The molecule has 0 aromatic rings. The van der Waals surface area contributed by atoms with Gasteiger partial charge in [-0.25, -0.2) is 4.79 Å². The van der Waals surface area contributed by atoms with E-state index in [1.165, 1.54) is 16.8 Å². The predicted molar refractivity (Wildman–Crippen MR) is 94.2 cm³/mol. The van der Waals surface area contributed by atoms with Crippen LogP contribution in [0, 0.1) is 0 Å². The van der Waals surface area contributed by atoms with Gasteiger partial charge in [-0.15, -0.1) is 0 Å². The maximum absolute atomic E-state index is 12.9. The summed E-state index contributed by atoms with van der Waals surface area (Å²) >= 11 is 0. The van der Waals surface area contributed by atoms with E-state index in [9.17, 15) is 19.2 Å². The van der Waals surface area contributed by atoms with E-state index >= 15 is 0 Å². The van der Waals surface area contributed by atoms with Crippen molar-refractivity contribution in [3.63, 3.8) is 0 Å². The Balaban J connectivity index is 2.01. The average Bonchev–Trinajstić information content (AvgIpc) is 2.70. The van der Waals surface area contributed by atoms with E-state index in [2.05, 4.69) is 0 Å². The monoisotopic (exact) mass is 367 g/mol. The second kappa shape index (κ2) is 7.25. The summed E-state index contributed by atoms with van der Waals surface area (Å²) in [5.74, 6) is -1.31. The van der Waals surface area contributed by atoms with Crippen LogP contribution in [0.25, 0.3) is 0 Å². The van der Waals surface area contributed by atoms with Crippen LogP contribution >= 0.6 is 0 Å². The number of urea groups is 1. The Labute approximate surface area is 154 Å². The number of ether oxygens (including phenoxy) is 1. The molecule has 1 aliphatic heterocycles. The molecule has 0 N–H and O–H groups in total. The zero-order valence-electron chi connectivity index (χ0n) is 16.3. The molecule has 1 heterocycles. The van der Waals surface area contributed by atoms with Crippen molar-refractivity contribution < 1.29 is 23.9 Å². The fourth-order valence-electron chi connectivity index (χ4n) is 3.58. The van der Waals surface area contributed by atoms with E-state index in [4.69, 9.17) is 4.74 Å². The van der Waals surface area contributed by atoms with Crippen LogP contribution in [0.5, 0.6) is 0 Å². The SMILES string of the molecule is CN(CC(=O)OC(C)(C)C)C(=O)CN1C(=O)N(C)C2(CCCCC2)C1=O. The van der Waals surface area contributed by atoms with Crippen molar-refractivity contribution >= 4 is 23.8 Å². The van der Waals surface area contributed by atoms with Gasteiger partial charge in [0.2, 0.25) is 5.91 Å². The van der Waals surface area contributed by atoms with E-state index < -0.39 is 29.0 Å². The van der Waals surface area contributed by atoms with Crippen LogP contribution in [0.15, 0.2) is 0 Å². The number of carbonyl (C=O) groups is 4. The van der Waals surface area contributed by atoms with Crippen LogP contribution in [-0.4, -0.2) is 76.8 Å². The maximum atomic E-state index is 12.9. The van der Waals surface area contributed by atoms with E-state index in [1.54, 1.807) is 27.8 Å². The lowest BCUT2D eigenvalue weighted by molar-refractivity contribution is -0.158. The summed E-state index contributed by atoms with van der Waals surface area (Å²) in [6.45, 7) is 4.64. The number of rotatable bonds is 4. The van der Waals surface area contributed by atoms with Crippen LogP contribution in [-0.2, 0) is 19.1 Å². The summed E-state index contributed by atoms with van der Waals surface area (Å²) in [6, 6.07) is -0.448. The van der Waals surface area contributed by atoms with E-state index in [1.807, 2.05) is 0 Å². The van der Waals surface area contributed by atoms with Crippen molar-refractivity contribution in [2.24, 2.45) is 0 Å². The van der Waals surface area contributed by atoms with E-state index in [0.29, 0.717) is 12.8 Å². The minimum Gasteiger partial charge on any atom is -0.459 e. The van der Waals surface area contributed by atoms with Crippen molar-refractivity contribution in [1.29, 1.82) is 0 Å². The Hall–Kier alpha value is -2.12. The Kier molecular flexibility index (Phi) is 5.63. The quantitative estimate of drug-likeness (QED) is 0.553. The van der Waals surface area contributed by atoms with Crippen molar-refractivity contribution in [2.45, 2.75) is 64.0 Å². The van der Waals surface area contributed by atoms with Gasteiger partial charge in [0, 0.05) is 14.1 Å². The number of carbonyl (C=O) groups excluding carboxylic acids is 4. The summed E-state index contributed by atoms with van der Waals surface area (Å²) in [5, 5.41) is 0. The molecule has 0 atom stereocenters. The van der Waals surface area contributed by atoms with Crippen molar-refractivity contribution in [1.82, 2.24) is 14.7 Å². The molecule has 2 rings (SSSR count). The molecule has 1 saturated heterocycles. The lowest BCUT2D eigenvalue weighted by Crippen LogP contribution is -2.49. The highest BCUT2D eigenvalue weighted by atomic mass is 16.6. The first kappa shape index (κ1) is 20.2. The van der Waals surface area contributed by atoms with Crippen LogP contribution < -0.4 is 0 Å². The van der Waals surface area contributed by atoms with Gasteiger partial charge in [-0.05, 0) is 33.6 Å². The molecule has 0 radical (unpaired) electrons. The number of amides is 4. The standard InChI is InChI=1S/C18H29N3O5/c1-17(2,3)26-14(23)12-19(4)13(22)11-21-15(24)18(20(5)16(21)25)9-7-6-8-10-18/h6-12H2,1-5H3. The summed E-state index contributed by atoms with van der Waals surface area (Å²) < 4.78 is 5.19. The van der Waals surface area contributed by atoms with Gasteiger partial charge in [0.05, 0.1) is 0 Å². The minimum absolute atomic E-state index is 0.229. The predicted octanol–water partition coefficient (Wildman–Crippen LogP) is 1.38. The molecule has 8 heteroatoms. The summed E-state index contributed by atoms with van der Waals surface area (Å²) in [7, 11) is 3.08. The fraction of sp³-hybridized carbons (Fsp3) is 0.778. The topological polar surface area (TPSA) is 87.2 Å². The molecule has 0 unspecified atom stereocenters. The molecular weight excluding hydrogens is 338 g/mol. The zero-order valence-corrected chi connectivity index (χ0v) is 16.3. The molecule has 26 heavy (non-hydrogen) atoms. The Bertz CT molecular complexity index is 604. The largest absolute Gasteiger partial charge is 0.459 e. The van der Waals surface area contributed by atoms with Gasteiger partial charge in [0.1, 0.15) is 24.2 Å². The first-order chi connectivity index (χ1) is 12.0. The average molecular weight is 367 g/mol. The highest BCUT2D eigenvalue weighted by Gasteiger charge is 2.55.